The predicted octanol–water partition coefficient (Wildman–Crippen LogP) is 1.05. The zero-order valence-corrected chi connectivity index (χ0v) is 12.0. The Morgan fingerprint density at radius 1 is 1.17 bits per heavy atom. The summed E-state index contributed by atoms with van der Waals surface area (Å²) in [7, 11) is 1.38. The van der Waals surface area contributed by atoms with Crippen molar-refractivity contribution in [3.05, 3.63) is 40.5 Å². The van der Waals surface area contributed by atoms with Gasteiger partial charge in [-0.05, 0) is 6.07 Å². The van der Waals surface area contributed by atoms with Crippen LogP contribution in [0.3, 0.4) is 0 Å². The van der Waals surface area contributed by atoms with Crippen molar-refractivity contribution in [1.82, 2.24) is 0 Å². The molecule has 2 bridgehead atoms. The number of rotatable bonds is 3. The van der Waals surface area contributed by atoms with Gasteiger partial charge in [0.25, 0.3) is 5.69 Å². The molecule has 0 N–H and O–H groups in total. The number of amides is 2. The number of ether oxygens (including phenoxy) is 2. The van der Waals surface area contributed by atoms with Crippen LogP contribution in [0.2, 0.25) is 0 Å². The molecule has 3 aliphatic rings. The van der Waals surface area contributed by atoms with Gasteiger partial charge in [0.1, 0.15) is 11.4 Å². The summed E-state index contributed by atoms with van der Waals surface area (Å²) in [5.41, 5.74) is -0.110. The molecule has 0 spiro atoms. The molecule has 8 nitrogen and oxygen atoms in total. The average molecular weight is 316 g/mol. The molecule has 4 atom stereocenters. The monoisotopic (exact) mass is 316 g/mol. The van der Waals surface area contributed by atoms with Crippen LogP contribution in [0.1, 0.15) is 0 Å². The smallest absolute Gasteiger partial charge is 0.271 e. The third kappa shape index (κ3) is 1.75. The van der Waals surface area contributed by atoms with E-state index < -0.39 is 40.8 Å². The van der Waals surface area contributed by atoms with E-state index in [1.54, 1.807) is 12.2 Å². The molecule has 2 saturated heterocycles. The number of benzene rings is 1. The van der Waals surface area contributed by atoms with Gasteiger partial charge in [-0.1, -0.05) is 12.2 Å². The number of imide groups is 1. The first-order valence-corrected chi connectivity index (χ1v) is 7.07. The van der Waals surface area contributed by atoms with E-state index in [1.165, 1.54) is 25.3 Å². The average Bonchev–Trinajstić information content (AvgIpc) is 3.21. The summed E-state index contributed by atoms with van der Waals surface area (Å²) in [6, 6.07) is 3.83. The Bertz CT molecular complexity index is 743. The van der Waals surface area contributed by atoms with Crippen LogP contribution in [0.4, 0.5) is 11.4 Å². The fraction of sp³-hybridized carbons (Fsp3) is 0.333. The summed E-state index contributed by atoms with van der Waals surface area (Å²) >= 11 is 0. The summed E-state index contributed by atoms with van der Waals surface area (Å²) in [6.45, 7) is 0. The summed E-state index contributed by atoms with van der Waals surface area (Å²) in [5, 5.41) is 11.0. The molecule has 0 saturated carbocycles. The van der Waals surface area contributed by atoms with E-state index >= 15 is 0 Å². The first-order chi connectivity index (χ1) is 11.0. The number of carbonyl (C=O) groups excluding carboxylic acids is 2. The highest BCUT2D eigenvalue weighted by Gasteiger charge is 2.61. The fourth-order valence-corrected chi connectivity index (χ4v) is 3.51. The van der Waals surface area contributed by atoms with Crippen LogP contribution >= 0.6 is 0 Å². The largest absolute Gasteiger partial charge is 0.495 e. The second-order valence-electron chi connectivity index (χ2n) is 5.63. The zero-order valence-electron chi connectivity index (χ0n) is 12.0. The van der Waals surface area contributed by atoms with Crippen LogP contribution in [0.25, 0.3) is 0 Å². The standard InChI is InChI=1S/C15H12N2O6/c1-22-9-3-2-7(17(20)21)6-8(9)16-14(18)12-10-4-5-11(23-10)13(12)15(16)19/h2-6,10-13H,1H3/t10-,11+,12-,13-/m0/s1. The molecule has 2 amide bonds. The molecule has 0 radical (unpaired) electrons. The Morgan fingerprint density at radius 2 is 1.78 bits per heavy atom. The van der Waals surface area contributed by atoms with Crippen LogP contribution in [-0.2, 0) is 14.3 Å². The minimum atomic E-state index is -0.580. The molecule has 0 aromatic heterocycles. The molecule has 0 aliphatic carbocycles. The highest BCUT2D eigenvalue weighted by molar-refractivity contribution is 6.23. The van der Waals surface area contributed by atoms with E-state index in [0.29, 0.717) is 0 Å². The lowest BCUT2D eigenvalue weighted by Crippen LogP contribution is -2.34. The maximum atomic E-state index is 12.7. The highest BCUT2D eigenvalue weighted by Crippen LogP contribution is 2.48. The third-order valence-electron chi connectivity index (χ3n) is 4.52. The summed E-state index contributed by atoms with van der Waals surface area (Å²) < 4.78 is 10.7. The minimum Gasteiger partial charge on any atom is -0.495 e. The van der Waals surface area contributed by atoms with Crippen molar-refractivity contribution in [2.75, 3.05) is 12.0 Å². The lowest BCUT2D eigenvalue weighted by atomic mass is 9.85. The minimum absolute atomic E-state index is 0.102. The molecule has 118 valence electrons. The number of methoxy groups -OCH3 is 1. The Morgan fingerprint density at radius 3 is 2.30 bits per heavy atom. The van der Waals surface area contributed by atoms with Gasteiger partial charge < -0.3 is 9.47 Å². The van der Waals surface area contributed by atoms with Crippen molar-refractivity contribution in [3.8, 4) is 5.75 Å². The van der Waals surface area contributed by atoms with E-state index in [4.69, 9.17) is 9.47 Å². The van der Waals surface area contributed by atoms with Gasteiger partial charge in [0.15, 0.2) is 0 Å². The van der Waals surface area contributed by atoms with E-state index in [9.17, 15) is 19.7 Å². The van der Waals surface area contributed by atoms with Gasteiger partial charge >= 0.3 is 0 Å². The molecule has 8 heteroatoms. The van der Waals surface area contributed by atoms with Gasteiger partial charge in [-0.2, -0.15) is 0 Å². The van der Waals surface area contributed by atoms with Crippen molar-refractivity contribution < 1.29 is 24.0 Å². The van der Waals surface area contributed by atoms with Crippen molar-refractivity contribution in [3.63, 3.8) is 0 Å². The quantitative estimate of drug-likeness (QED) is 0.358. The van der Waals surface area contributed by atoms with Crippen molar-refractivity contribution in [2.45, 2.75) is 12.2 Å². The SMILES string of the molecule is COc1ccc([N+](=O)[O-])cc1N1C(=O)[C@@H]2[C@@H](C1=O)[C@H]1C=C[C@@H]2O1. The summed E-state index contributed by atoms with van der Waals surface area (Å²) in [5.74, 6) is -1.72. The topological polar surface area (TPSA) is 99.0 Å². The van der Waals surface area contributed by atoms with E-state index in [0.717, 1.165) is 4.90 Å². The van der Waals surface area contributed by atoms with Crippen LogP contribution in [0.5, 0.6) is 5.75 Å². The molecule has 3 aliphatic heterocycles. The maximum Gasteiger partial charge on any atom is 0.271 e. The van der Waals surface area contributed by atoms with Gasteiger partial charge in [-0.25, -0.2) is 4.90 Å². The fourth-order valence-electron chi connectivity index (χ4n) is 3.51. The molecule has 1 aromatic rings. The molecule has 23 heavy (non-hydrogen) atoms. The molecule has 0 unspecified atom stereocenters. The Hall–Kier alpha value is -2.74. The van der Waals surface area contributed by atoms with E-state index in [1.807, 2.05) is 0 Å². The second-order valence-corrected chi connectivity index (χ2v) is 5.63. The number of anilines is 1. The first kappa shape index (κ1) is 13.9. The van der Waals surface area contributed by atoms with Gasteiger partial charge in [-0.15, -0.1) is 0 Å². The Labute approximate surface area is 130 Å². The second kappa shape index (κ2) is 4.63. The number of nitro benzene ring substituents is 1. The number of carbonyl (C=O) groups is 2. The van der Waals surface area contributed by atoms with Gasteiger partial charge in [0.05, 0.1) is 36.1 Å². The van der Waals surface area contributed by atoms with Crippen LogP contribution in [0, 0.1) is 22.0 Å². The lowest BCUT2D eigenvalue weighted by Gasteiger charge is -2.19. The zero-order chi connectivity index (χ0) is 16.3. The van der Waals surface area contributed by atoms with Crippen molar-refractivity contribution in [2.24, 2.45) is 11.8 Å². The third-order valence-corrected chi connectivity index (χ3v) is 4.52. The molecule has 3 heterocycles. The summed E-state index contributed by atoms with van der Waals surface area (Å²) in [6.07, 6.45) is 2.75. The Balaban J connectivity index is 1.80. The molecular weight excluding hydrogens is 304 g/mol. The molecular formula is C15H12N2O6. The molecule has 4 rings (SSSR count). The number of nitrogens with zero attached hydrogens (tertiary/aromatic N) is 2. The predicted molar refractivity (Wildman–Crippen MR) is 76.9 cm³/mol. The highest BCUT2D eigenvalue weighted by atomic mass is 16.6. The van der Waals surface area contributed by atoms with Gasteiger partial charge in [0, 0.05) is 12.1 Å². The Kier molecular flexibility index (Phi) is 2.79. The number of hydrogen-bond acceptors (Lipinski definition) is 6. The number of non-ortho nitro benzene ring substituents is 1. The maximum absolute atomic E-state index is 12.7. The van der Waals surface area contributed by atoms with E-state index in [2.05, 4.69) is 0 Å². The number of hydrogen-bond donors (Lipinski definition) is 0. The molecule has 1 aromatic carbocycles. The van der Waals surface area contributed by atoms with Crippen LogP contribution in [-0.4, -0.2) is 36.1 Å². The van der Waals surface area contributed by atoms with Crippen LogP contribution in [0.15, 0.2) is 30.4 Å². The first-order valence-electron chi connectivity index (χ1n) is 7.07. The van der Waals surface area contributed by atoms with Gasteiger partial charge in [-0.3, -0.25) is 19.7 Å². The summed E-state index contributed by atoms with van der Waals surface area (Å²) in [4.78, 5) is 36.8. The van der Waals surface area contributed by atoms with Crippen molar-refractivity contribution >= 4 is 23.2 Å². The molecule has 2 fully saturated rings. The van der Waals surface area contributed by atoms with Crippen LogP contribution < -0.4 is 9.64 Å². The number of fused-ring (bicyclic) bond motifs is 5. The van der Waals surface area contributed by atoms with E-state index in [-0.39, 0.29) is 17.1 Å². The number of nitro groups is 1. The normalized spacial score (nSPS) is 30.9. The van der Waals surface area contributed by atoms with Crippen molar-refractivity contribution in [1.29, 1.82) is 0 Å². The lowest BCUT2D eigenvalue weighted by molar-refractivity contribution is -0.384. The van der Waals surface area contributed by atoms with Gasteiger partial charge in [0.2, 0.25) is 11.8 Å².